The third kappa shape index (κ3) is 5.27. The van der Waals surface area contributed by atoms with Gasteiger partial charge in [0.25, 0.3) is 5.91 Å². The Labute approximate surface area is 186 Å². The summed E-state index contributed by atoms with van der Waals surface area (Å²) in [6, 6.07) is 15.3. The average Bonchev–Trinajstić information content (AvgIpc) is 3.27. The number of carbonyl (C=O) groups excluding carboxylic acids is 1. The first-order valence-electron chi connectivity index (χ1n) is 10.4. The van der Waals surface area contributed by atoms with Crippen molar-refractivity contribution in [1.29, 1.82) is 0 Å². The molecule has 0 radical (unpaired) electrons. The molecular weight excluding hydrogens is 410 g/mol. The van der Waals surface area contributed by atoms with E-state index < -0.39 is 0 Å². The molecule has 1 fully saturated rings. The minimum Gasteiger partial charge on any atom is -0.353 e. The van der Waals surface area contributed by atoms with E-state index in [9.17, 15) is 4.79 Å². The summed E-state index contributed by atoms with van der Waals surface area (Å²) >= 11 is 5.36. The molecule has 0 aliphatic carbocycles. The van der Waals surface area contributed by atoms with Gasteiger partial charge in [-0.2, -0.15) is 4.98 Å². The highest BCUT2D eigenvalue weighted by Gasteiger charge is 2.18. The summed E-state index contributed by atoms with van der Waals surface area (Å²) in [5, 5.41) is 10.7. The third-order valence-corrected chi connectivity index (χ3v) is 5.53. The molecule has 0 unspecified atom stereocenters. The summed E-state index contributed by atoms with van der Waals surface area (Å²) in [7, 11) is 0. The summed E-state index contributed by atoms with van der Waals surface area (Å²) in [4.78, 5) is 18.9. The Bertz CT molecular complexity index is 1060. The van der Waals surface area contributed by atoms with Gasteiger partial charge in [0.1, 0.15) is 0 Å². The standard InChI is InChI=1S/C23H25N5O2S/c1-16-7-3-4-8-19(16)21-26-20(30-27-21)15-24-23(31)25-18-11-9-17(10-12-18)22(29)28-13-5-2-6-14-28/h3-4,7-12H,2,5-6,13-15H2,1H3,(H2,24,25,31). The molecule has 0 bridgehead atoms. The van der Waals surface area contributed by atoms with Gasteiger partial charge >= 0.3 is 0 Å². The molecule has 0 saturated carbocycles. The largest absolute Gasteiger partial charge is 0.353 e. The molecule has 4 rings (SSSR count). The molecular formula is C23H25N5O2S. The molecule has 2 aromatic carbocycles. The fourth-order valence-corrected chi connectivity index (χ4v) is 3.76. The van der Waals surface area contributed by atoms with Crippen LogP contribution in [0.15, 0.2) is 53.1 Å². The van der Waals surface area contributed by atoms with E-state index in [1.165, 1.54) is 6.42 Å². The molecule has 3 aromatic rings. The van der Waals surface area contributed by atoms with Gasteiger partial charge in [-0.05, 0) is 68.2 Å². The van der Waals surface area contributed by atoms with Gasteiger partial charge in [0.2, 0.25) is 11.7 Å². The Kier molecular flexibility index (Phi) is 6.57. The van der Waals surface area contributed by atoms with Crippen LogP contribution in [0.25, 0.3) is 11.4 Å². The molecule has 1 amide bonds. The number of amides is 1. The first kappa shape index (κ1) is 21.0. The Morgan fingerprint density at radius 1 is 1.10 bits per heavy atom. The maximum absolute atomic E-state index is 12.6. The average molecular weight is 436 g/mol. The summed E-state index contributed by atoms with van der Waals surface area (Å²) < 4.78 is 5.32. The molecule has 31 heavy (non-hydrogen) atoms. The van der Waals surface area contributed by atoms with E-state index >= 15 is 0 Å². The van der Waals surface area contributed by atoms with Gasteiger partial charge in [-0.3, -0.25) is 4.79 Å². The summed E-state index contributed by atoms with van der Waals surface area (Å²) in [5.74, 6) is 1.10. The second kappa shape index (κ2) is 9.70. The van der Waals surface area contributed by atoms with Crippen molar-refractivity contribution in [3.8, 4) is 11.4 Å². The van der Waals surface area contributed by atoms with Crippen molar-refractivity contribution in [3.05, 3.63) is 65.5 Å². The fourth-order valence-electron chi connectivity index (χ4n) is 3.57. The molecule has 0 atom stereocenters. The van der Waals surface area contributed by atoms with Crippen molar-refractivity contribution >= 4 is 28.9 Å². The molecule has 2 N–H and O–H groups in total. The number of benzene rings is 2. The zero-order valence-electron chi connectivity index (χ0n) is 17.4. The van der Waals surface area contributed by atoms with Crippen molar-refractivity contribution < 1.29 is 9.32 Å². The Balaban J connectivity index is 1.29. The minimum absolute atomic E-state index is 0.0906. The highest BCUT2D eigenvalue weighted by atomic mass is 32.1. The van der Waals surface area contributed by atoms with E-state index in [1.807, 2.05) is 60.4 Å². The maximum atomic E-state index is 12.6. The van der Waals surface area contributed by atoms with Crippen molar-refractivity contribution in [1.82, 2.24) is 20.4 Å². The number of nitrogens with zero attached hydrogens (tertiary/aromatic N) is 3. The van der Waals surface area contributed by atoms with Gasteiger partial charge in [-0.25, -0.2) is 0 Å². The number of rotatable bonds is 5. The SMILES string of the molecule is Cc1ccccc1-c1noc(CNC(=S)Nc2ccc(C(=O)N3CCCCC3)cc2)n1. The lowest BCUT2D eigenvalue weighted by molar-refractivity contribution is 0.0724. The first-order chi connectivity index (χ1) is 15.1. The van der Waals surface area contributed by atoms with E-state index in [4.69, 9.17) is 16.7 Å². The molecule has 1 aromatic heterocycles. The predicted molar refractivity (Wildman–Crippen MR) is 124 cm³/mol. The second-order valence-electron chi connectivity index (χ2n) is 7.56. The molecule has 1 aliphatic rings. The normalized spacial score (nSPS) is 13.6. The fraction of sp³-hybridized carbons (Fsp3) is 0.304. The van der Waals surface area contributed by atoms with Crippen LogP contribution in [0.4, 0.5) is 5.69 Å². The Morgan fingerprint density at radius 3 is 2.58 bits per heavy atom. The number of nitrogens with one attached hydrogen (secondary N) is 2. The van der Waals surface area contributed by atoms with Gasteiger partial charge in [-0.1, -0.05) is 29.4 Å². The quantitative estimate of drug-likeness (QED) is 0.582. The molecule has 1 aliphatic heterocycles. The van der Waals surface area contributed by atoms with Crippen LogP contribution in [0.1, 0.15) is 41.1 Å². The number of carbonyl (C=O) groups is 1. The molecule has 1 saturated heterocycles. The molecule has 7 nitrogen and oxygen atoms in total. The minimum atomic E-state index is 0.0906. The van der Waals surface area contributed by atoms with E-state index in [0.29, 0.717) is 28.9 Å². The smallest absolute Gasteiger partial charge is 0.253 e. The van der Waals surface area contributed by atoms with Gasteiger partial charge < -0.3 is 20.1 Å². The zero-order chi connectivity index (χ0) is 21.6. The van der Waals surface area contributed by atoms with E-state index in [1.54, 1.807) is 0 Å². The van der Waals surface area contributed by atoms with E-state index in [2.05, 4.69) is 20.8 Å². The first-order valence-corrected chi connectivity index (χ1v) is 10.8. The highest BCUT2D eigenvalue weighted by Crippen LogP contribution is 2.20. The van der Waals surface area contributed by atoms with Crippen molar-refractivity contribution in [3.63, 3.8) is 0 Å². The van der Waals surface area contributed by atoms with Crippen LogP contribution >= 0.6 is 12.2 Å². The number of aryl methyl sites for hydroxylation is 1. The van der Waals surface area contributed by atoms with Crippen LogP contribution in [0.3, 0.4) is 0 Å². The molecule has 160 valence electrons. The predicted octanol–water partition coefficient (Wildman–Crippen LogP) is 4.16. The van der Waals surface area contributed by atoms with Crippen LogP contribution in [0.2, 0.25) is 0 Å². The van der Waals surface area contributed by atoms with Crippen LogP contribution in [0, 0.1) is 6.92 Å². The number of anilines is 1. The summed E-state index contributed by atoms with van der Waals surface area (Å²) in [6.45, 7) is 4.01. The summed E-state index contributed by atoms with van der Waals surface area (Å²) in [6.07, 6.45) is 3.36. The Hall–Kier alpha value is -3.26. The van der Waals surface area contributed by atoms with Crippen LogP contribution in [0.5, 0.6) is 0 Å². The number of hydrogen-bond acceptors (Lipinski definition) is 5. The number of piperidine rings is 1. The number of aromatic nitrogens is 2. The van der Waals surface area contributed by atoms with Gasteiger partial charge in [-0.15, -0.1) is 0 Å². The Morgan fingerprint density at radius 2 is 1.84 bits per heavy atom. The van der Waals surface area contributed by atoms with Gasteiger partial charge in [0, 0.05) is 29.9 Å². The van der Waals surface area contributed by atoms with Crippen molar-refractivity contribution in [2.45, 2.75) is 32.7 Å². The van der Waals surface area contributed by atoms with Crippen molar-refractivity contribution in [2.75, 3.05) is 18.4 Å². The van der Waals surface area contributed by atoms with E-state index in [-0.39, 0.29) is 5.91 Å². The number of thiocarbonyl (C=S) groups is 1. The van der Waals surface area contributed by atoms with Crippen LogP contribution in [-0.4, -0.2) is 39.1 Å². The lowest BCUT2D eigenvalue weighted by atomic mass is 10.1. The number of likely N-dealkylation sites (tertiary alicyclic amines) is 1. The van der Waals surface area contributed by atoms with E-state index in [0.717, 1.165) is 42.7 Å². The number of hydrogen-bond donors (Lipinski definition) is 2. The third-order valence-electron chi connectivity index (χ3n) is 5.29. The monoisotopic (exact) mass is 435 g/mol. The van der Waals surface area contributed by atoms with Crippen LogP contribution in [-0.2, 0) is 6.54 Å². The molecule has 8 heteroatoms. The molecule has 0 spiro atoms. The highest BCUT2D eigenvalue weighted by molar-refractivity contribution is 7.80. The maximum Gasteiger partial charge on any atom is 0.253 e. The second-order valence-corrected chi connectivity index (χ2v) is 7.97. The lowest BCUT2D eigenvalue weighted by Gasteiger charge is -2.26. The summed E-state index contributed by atoms with van der Waals surface area (Å²) in [5.41, 5.74) is 3.53. The van der Waals surface area contributed by atoms with Gasteiger partial charge in [0.05, 0.1) is 6.54 Å². The van der Waals surface area contributed by atoms with Crippen LogP contribution < -0.4 is 10.6 Å². The topological polar surface area (TPSA) is 83.3 Å². The lowest BCUT2D eigenvalue weighted by Crippen LogP contribution is -2.35. The zero-order valence-corrected chi connectivity index (χ0v) is 18.2. The van der Waals surface area contributed by atoms with Gasteiger partial charge in [0.15, 0.2) is 5.11 Å². The van der Waals surface area contributed by atoms with Crippen molar-refractivity contribution in [2.24, 2.45) is 0 Å². The molecule has 2 heterocycles.